The maximum Gasteiger partial charge on any atom is 0.317 e. The first-order chi connectivity index (χ1) is 4.18. The Balaban J connectivity index is 2.11. The fraction of sp³-hybridized carbons (Fsp3) is 0.800. The van der Waals surface area contributed by atoms with Gasteiger partial charge in [-0.15, -0.1) is 11.6 Å². The second-order valence-electron chi connectivity index (χ2n) is 2.19. The summed E-state index contributed by atoms with van der Waals surface area (Å²) in [5.74, 6) is -0.779. The molecule has 52 valence electrons. The Hall–Kier alpha value is -0.280. The molecule has 0 aromatic carbocycles. The fourth-order valence-electron chi connectivity index (χ4n) is 0.827. The summed E-state index contributed by atoms with van der Waals surface area (Å²) in [5, 5.41) is 8.42. The second kappa shape index (κ2) is 2.54. The van der Waals surface area contributed by atoms with Crippen LogP contribution >= 0.6 is 11.6 Å². The number of carboxylic acids is 1. The van der Waals surface area contributed by atoms with Gasteiger partial charge in [0.1, 0.15) is 0 Å². The van der Waals surface area contributed by atoms with Gasteiger partial charge in [0.05, 0.1) is 11.9 Å². The lowest BCUT2D eigenvalue weighted by atomic mass is 10.2. The monoisotopic (exact) mass is 149 g/mol. The van der Waals surface area contributed by atoms with Gasteiger partial charge in [-0.05, 0) is 0 Å². The highest BCUT2D eigenvalue weighted by atomic mass is 35.5. The SMILES string of the molecule is O=C(O)CN1CC(Cl)C1. The van der Waals surface area contributed by atoms with Gasteiger partial charge in [0.25, 0.3) is 0 Å². The van der Waals surface area contributed by atoms with Crippen LogP contribution in [0.5, 0.6) is 0 Å². The normalized spacial score (nSPS) is 21.4. The Kier molecular flexibility index (Phi) is 1.93. The van der Waals surface area contributed by atoms with Crippen LogP contribution in [0.15, 0.2) is 0 Å². The van der Waals surface area contributed by atoms with Gasteiger partial charge in [-0.3, -0.25) is 9.69 Å². The summed E-state index contributed by atoms with van der Waals surface area (Å²) in [7, 11) is 0. The van der Waals surface area contributed by atoms with Gasteiger partial charge >= 0.3 is 5.97 Å². The Labute approximate surface area is 58.2 Å². The molecular weight excluding hydrogens is 142 g/mol. The van der Waals surface area contributed by atoms with E-state index in [1.807, 2.05) is 0 Å². The minimum absolute atomic E-state index is 0.128. The van der Waals surface area contributed by atoms with Crippen molar-refractivity contribution < 1.29 is 9.90 Å². The molecule has 1 aliphatic rings. The number of carbonyl (C=O) groups is 1. The number of halogens is 1. The van der Waals surface area contributed by atoms with Crippen LogP contribution in [0.1, 0.15) is 0 Å². The topological polar surface area (TPSA) is 40.5 Å². The zero-order valence-corrected chi connectivity index (χ0v) is 5.64. The van der Waals surface area contributed by atoms with Crippen molar-refractivity contribution in [1.29, 1.82) is 0 Å². The highest BCUT2D eigenvalue weighted by Gasteiger charge is 2.25. The number of likely N-dealkylation sites (tertiary alicyclic amines) is 1. The number of hydrogen-bond acceptors (Lipinski definition) is 2. The number of alkyl halides is 1. The number of nitrogens with zero attached hydrogens (tertiary/aromatic N) is 1. The van der Waals surface area contributed by atoms with Crippen LogP contribution in [0.4, 0.5) is 0 Å². The van der Waals surface area contributed by atoms with Crippen LogP contribution < -0.4 is 0 Å². The van der Waals surface area contributed by atoms with Crippen molar-refractivity contribution in [2.24, 2.45) is 0 Å². The summed E-state index contributed by atoms with van der Waals surface area (Å²) in [6, 6.07) is 0. The lowest BCUT2D eigenvalue weighted by Gasteiger charge is -2.33. The highest BCUT2D eigenvalue weighted by molar-refractivity contribution is 6.21. The predicted octanol–water partition coefficient (Wildman–Crippen LogP) is -0.00600. The summed E-state index contributed by atoms with van der Waals surface area (Å²) in [6.45, 7) is 1.56. The smallest absolute Gasteiger partial charge is 0.317 e. The van der Waals surface area contributed by atoms with E-state index in [4.69, 9.17) is 16.7 Å². The van der Waals surface area contributed by atoms with Crippen molar-refractivity contribution in [2.45, 2.75) is 5.38 Å². The largest absolute Gasteiger partial charge is 0.480 e. The first-order valence-corrected chi connectivity index (χ1v) is 3.20. The number of rotatable bonds is 2. The molecule has 3 nitrogen and oxygen atoms in total. The third-order valence-electron chi connectivity index (χ3n) is 1.27. The quantitative estimate of drug-likeness (QED) is 0.562. The van der Waals surface area contributed by atoms with E-state index in [1.165, 1.54) is 0 Å². The van der Waals surface area contributed by atoms with Crippen molar-refractivity contribution in [3.8, 4) is 0 Å². The lowest BCUT2D eigenvalue weighted by molar-refractivity contribution is -0.139. The molecule has 1 rings (SSSR count). The average molecular weight is 150 g/mol. The van der Waals surface area contributed by atoms with Gasteiger partial charge in [0.15, 0.2) is 0 Å². The molecule has 0 saturated carbocycles. The first kappa shape index (κ1) is 6.83. The van der Waals surface area contributed by atoms with Crippen molar-refractivity contribution in [3.63, 3.8) is 0 Å². The molecule has 0 aromatic rings. The number of carboxylic acid groups (broad SMARTS) is 1. The fourth-order valence-corrected chi connectivity index (χ4v) is 1.22. The van der Waals surface area contributed by atoms with E-state index in [2.05, 4.69) is 0 Å². The molecule has 1 saturated heterocycles. The Morgan fingerprint density at radius 1 is 1.78 bits per heavy atom. The molecule has 1 N–H and O–H groups in total. The number of hydrogen-bond donors (Lipinski definition) is 1. The van der Waals surface area contributed by atoms with E-state index in [-0.39, 0.29) is 11.9 Å². The van der Waals surface area contributed by atoms with E-state index >= 15 is 0 Å². The minimum atomic E-state index is -0.779. The van der Waals surface area contributed by atoms with Gasteiger partial charge in [-0.1, -0.05) is 0 Å². The highest BCUT2D eigenvalue weighted by Crippen LogP contribution is 2.12. The summed E-state index contributed by atoms with van der Waals surface area (Å²) in [4.78, 5) is 11.8. The lowest BCUT2D eigenvalue weighted by Crippen LogP contribution is -2.49. The van der Waals surface area contributed by atoms with Gasteiger partial charge in [-0.2, -0.15) is 0 Å². The summed E-state index contributed by atoms with van der Waals surface area (Å²) in [6.07, 6.45) is 0. The zero-order chi connectivity index (χ0) is 6.85. The van der Waals surface area contributed by atoms with Crippen molar-refractivity contribution in [2.75, 3.05) is 19.6 Å². The van der Waals surface area contributed by atoms with Crippen LogP contribution in [0.2, 0.25) is 0 Å². The average Bonchev–Trinajstić information content (AvgIpc) is 1.60. The van der Waals surface area contributed by atoms with Crippen molar-refractivity contribution in [1.82, 2.24) is 4.90 Å². The van der Waals surface area contributed by atoms with Crippen molar-refractivity contribution in [3.05, 3.63) is 0 Å². The molecule has 1 heterocycles. The third kappa shape index (κ3) is 1.84. The van der Waals surface area contributed by atoms with Crippen molar-refractivity contribution >= 4 is 17.6 Å². The molecule has 0 radical (unpaired) electrons. The van der Waals surface area contributed by atoms with E-state index < -0.39 is 5.97 Å². The van der Waals surface area contributed by atoms with E-state index in [9.17, 15) is 4.79 Å². The molecule has 1 fully saturated rings. The molecule has 0 atom stereocenters. The second-order valence-corrected chi connectivity index (χ2v) is 2.80. The summed E-state index contributed by atoms with van der Waals surface area (Å²) in [5.41, 5.74) is 0. The molecule has 0 aromatic heterocycles. The zero-order valence-electron chi connectivity index (χ0n) is 4.88. The van der Waals surface area contributed by atoms with E-state index in [0.29, 0.717) is 13.1 Å². The van der Waals surface area contributed by atoms with Crippen LogP contribution in [0.3, 0.4) is 0 Å². The van der Waals surface area contributed by atoms with Crippen LogP contribution in [0.25, 0.3) is 0 Å². The van der Waals surface area contributed by atoms with Crippen LogP contribution in [0, 0.1) is 0 Å². The van der Waals surface area contributed by atoms with Crippen LogP contribution in [-0.2, 0) is 4.79 Å². The van der Waals surface area contributed by atoms with E-state index in [1.54, 1.807) is 4.90 Å². The van der Waals surface area contributed by atoms with Gasteiger partial charge in [0.2, 0.25) is 0 Å². The molecule has 0 unspecified atom stereocenters. The predicted molar refractivity (Wildman–Crippen MR) is 33.7 cm³/mol. The number of aliphatic carboxylic acids is 1. The van der Waals surface area contributed by atoms with E-state index in [0.717, 1.165) is 0 Å². The van der Waals surface area contributed by atoms with Gasteiger partial charge < -0.3 is 5.11 Å². The van der Waals surface area contributed by atoms with Gasteiger partial charge in [-0.25, -0.2) is 0 Å². The standard InChI is InChI=1S/C5H8ClNO2/c6-4-1-7(2-4)3-5(8)9/h4H,1-3H2,(H,8,9). The molecule has 0 spiro atoms. The molecule has 9 heavy (non-hydrogen) atoms. The Morgan fingerprint density at radius 2 is 2.33 bits per heavy atom. The molecule has 0 bridgehead atoms. The molecule has 1 aliphatic heterocycles. The molecular formula is C5H8ClNO2. The molecule has 0 aliphatic carbocycles. The minimum Gasteiger partial charge on any atom is -0.480 e. The summed E-state index contributed by atoms with van der Waals surface area (Å²) < 4.78 is 0. The maximum atomic E-state index is 10.0. The first-order valence-electron chi connectivity index (χ1n) is 2.76. The molecule has 0 amide bonds. The van der Waals surface area contributed by atoms with Crippen LogP contribution in [-0.4, -0.2) is 41.0 Å². The Morgan fingerprint density at radius 3 is 2.67 bits per heavy atom. The third-order valence-corrected chi connectivity index (χ3v) is 1.55. The summed E-state index contributed by atoms with van der Waals surface area (Å²) >= 11 is 5.59. The maximum absolute atomic E-state index is 10.0. The Bertz CT molecular complexity index is 122. The molecule has 4 heteroatoms. The van der Waals surface area contributed by atoms with Gasteiger partial charge in [0, 0.05) is 13.1 Å².